The second-order valence-electron chi connectivity index (χ2n) is 5.42. The molecule has 124 valence electrons. The number of carbonyl (C=O) groups is 1. The molecule has 0 saturated carbocycles. The first-order valence-electron chi connectivity index (χ1n) is 7.52. The van der Waals surface area contributed by atoms with E-state index in [1.807, 2.05) is 43.3 Å². The third-order valence-electron chi connectivity index (χ3n) is 3.30. The molecule has 0 spiro atoms. The van der Waals surface area contributed by atoms with Crippen LogP contribution in [0.25, 0.3) is 0 Å². The molecular formula is C17H22N2O3S. The summed E-state index contributed by atoms with van der Waals surface area (Å²) in [5.74, 6) is 0.354. The van der Waals surface area contributed by atoms with Crippen LogP contribution in [0.1, 0.15) is 21.5 Å². The smallest absolute Gasteiger partial charge is 0.258 e. The molecule has 23 heavy (non-hydrogen) atoms. The molecule has 1 heterocycles. The van der Waals surface area contributed by atoms with Gasteiger partial charge in [-0.25, -0.2) is 0 Å². The van der Waals surface area contributed by atoms with Crippen molar-refractivity contribution in [3.8, 4) is 5.75 Å². The molecule has 1 amide bonds. The summed E-state index contributed by atoms with van der Waals surface area (Å²) in [5, 5.41) is 13.2. The van der Waals surface area contributed by atoms with Crippen molar-refractivity contribution in [2.45, 2.75) is 25.5 Å². The Morgan fingerprint density at radius 1 is 1.30 bits per heavy atom. The van der Waals surface area contributed by atoms with Crippen LogP contribution in [-0.4, -0.2) is 36.3 Å². The first-order valence-corrected chi connectivity index (χ1v) is 8.34. The normalized spacial score (nSPS) is 13.5. The molecular weight excluding hydrogens is 312 g/mol. The Balaban J connectivity index is 1.68. The van der Waals surface area contributed by atoms with Crippen molar-refractivity contribution < 1.29 is 14.6 Å². The molecule has 0 saturated heterocycles. The Hall–Kier alpha value is -1.89. The van der Waals surface area contributed by atoms with Gasteiger partial charge in [0.15, 0.2) is 0 Å². The van der Waals surface area contributed by atoms with Crippen LogP contribution in [0.2, 0.25) is 0 Å². The molecule has 0 fully saturated rings. The van der Waals surface area contributed by atoms with Crippen molar-refractivity contribution in [3.05, 3.63) is 52.2 Å². The Bertz CT molecular complexity index is 615. The maximum atomic E-state index is 11.1. The maximum absolute atomic E-state index is 11.1. The molecule has 0 aliphatic rings. The fourth-order valence-corrected chi connectivity index (χ4v) is 3.09. The number of thiophene rings is 1. The predicted molar refractivity (Wildman–Crippen MR) is 91.9 cm³/mol. The van der Waals surface area contributed by atoms with E-state index in [0.29, 0.717) is 11.4 Å². The van der Waals surface area contributed by atoms with E-state index in [-0.39, 0.29) is 12.6 Å². The second kappa shape index (κ2) is 8.67. The average molecular weight is 334 g/mol. The Labute approximate surface area is 140 Å². The van der Waals surface area contributed by atoms with Gasteiger partial charge in [-0.05, 0) is 37.6 Å². The zero-order valence-corrected chi connectivity index (χ0v) is 13.9. The minimum atomic E-state index is -0.581. The molecule has 1 aromatic carbocycles. The molecule has 2 aromatic rings. The molecule has 4 N–H and O–H groups in total. The molecule has 2 rings (SSSR count). The summed E-state index contributed by atoms with van der Waals surface area (Å²) in [6.45, 7) is 2.73. The molecule has 6 heteroatoms. The summed E-state index contributed by atoms with van der Waals surface area (Å²) in [5.41, 5.74) is 5.25. The Morgan fingerprint density at radius 3 is 2.70 bits per heavy atom. The zero-order chi connectivity index (χ0) is 16.7. The van der Waals surface area contributed by atoms with Crippen LogP contribution in [0.3, 0.4) is 0 Å². The lowest BCUT2D eigenvalue weighted by atomic mass is 10.2. The standard InChI is InChI=1S/C17H22N2O3S/c1-12(9-15-7-8-16(23-15)17(18)21)19-10-13(20)11-22-14-5-3-2-4-6-14/h2-8,12-13,19-20H,9-11H2,1H3,(H2,18,21)/t12-,13+/m1/s1. The van der Waals surface area contributed by atoms with Crippen molar-refractivity contribution >= 4 is 17.2 Å². The van der Waals surface area contributed by atoms with Crippen molar-refractivity contribution in [2.75, 3.05) is 13.2 Å². The summed E-state index contributed by atoms with van der Waals surface area (Å²) in [4.78, 5) is 12.7. The fourth-order valence-electron chi connectivity index (χ4n) is 2.10. The highest BCUT2D eigenvalue weighted by Crippen LogP contribution is 2.17. The Morgan fingerprint density at radius 2 is 2.04 bits per heavy atom. The Kier molecular flexibility index (Phi) is 6.58. The van der Waals surface area contributed by atoms with Gasteiger partial charge < -0.3 is 20.9 Å². The van der Waals surface area contributed by atoms with Crippen molar-refractivity contribution in [3.63, 3.8) is 0 Å². The summed E-state index contributed by atoms with van der Waals surface area (Å²) in [6.07, 6.45) is 0.201. The molecule has 1 aromatic heterocycles. The molecule has 5 nitrogen and oxygen atoms in total. The van der Waals surface area contributed by atoms with Gasteiger partial charge in [-0.2, -0.15) is 0 Å². The van der Waals surface area contributed by atoms with Crippen molar-refractivity contribution in [1.29, 1.82) is 0 Å². The van der Waals surface area contributed by atoms with Crippen LogP contribution >= 0.6 is 11.3 Å². The quantitative estimate of drug-likeness (QED) is 0.653. The molecule has 0 bridgehead atoms. The number of hydrogen-bond acceptors (Lipinski definition) is 5. The predicted octanol–water partition coefficient (Wildman–Crippen LogP) is 1.81. The van der Waals surface area contributed by atoms with Gasteiger partial charge in [-0.3, -0.25) is 4.79 Å². The van der Waals surface area contributed by atoms with E-state index in [2.05, 4.69) is 5.32 Å². The van der Waals surface area contributed by atoms with E-state index in [1.54, 1.807) is 6.07 Å². The van der Waals surface area contributed by atoms with E-state index < -0.39 is 12.0 Å². The largest absolute Gasteiger partial charge is 0.491 e. The lowest BCUT2D eigenvalue weighted by Gasteiger charge is -2.17. The van der Waals surface area contributed by atoms with Gasteiger partial charge in [-0.15, -0.1) is 11.3 Å². The zero-order valence-electron chi connectivity index (χ0n) is 13.1. The number of rotatable bonds is 9. The number of hydrogen-bond donors (Lipinski definition) is 3. The van der Waals surface area contributed by atoms with Gasteiger partial charge in [-0.1, -0.05) is 18.2 Å². The third-order valence-corrected chi connectivity index (χ3v) is 4.42. The SMILES string of the molecule is C[C@H](Cc1ccc(C(N)=O)s1)NC[C@H](O)COc1ccccc1. The monoisotopic (exact) mass is 334 g/mol. The van der Waals surface area contributed by atoms with Gasteiger partial charge in [0.1, 0.15) is 18.5 Å². The fraction of sp³-hybridized carbons (Fsp3) is 0.353. The molecule has 0 radical (unpaired) electrons. The average Bonchev–Trinajstić information content (AvgIpc) is 3.00. The van der Waals surface area contributed by atoms with Crippen LogP contribution in [0, 0.1) is 0 Å². The number of amides is 1. The summed E-state index contributed by atoms with van der Waals surface area (Å²) in [6, 6.07) is 13.3. The van der Waals surface area contributed by atoms with Gasteiger partial charge in [0, 0.05) is 17.5 Å². The summed E-state index contributed by atoms with van der Waals surface area (Å²) >= 11 is 1.41. The minimum Gasteiger partial charge on any atom is -0.491 e. The highest BCUT2D eigenvalue weighted by atomic mass is 32.1. The van der Waals surface area contributed by atoms with Gasteiger partial charge >= 0.3 is 0 Å². The van der Waals surface area contributed by atoms with Crippen LogP contribution in [0.15, 0.2) is 42.5 Å². The van der Waals surface area contributed by atoms with Gasteiger partial charge in [0.2, 0.25) is 0 Å². The number of carbonyl (C=O) groups excluding carboxylic acids is 1. The number of benzene rings is 1. The maximum Gasteiger partial charge on any atom is 0.258 e. The first kappa shape index (κ1) is 17.5. The van der Waals surface area contributed by atoms with Crippen LogP contribution < -0.4 is 15.8 Å². The van der Waals surface area contributed by atoms with E-state index >= 15 is 0 Å². The van der Waals surface area contributed by atoms with E-state index in [9.17, 15) is 9.90 Å². The van der Waals surface area contributed by atoms with E-state index in [0.717, 1.165) is 17.0 Å². The summed E-state index contributed by atoms with van der Waals surface area (Å²) < 4.78 is 5.51. The topological polar surface area (TPSA) is 84.6 Å². The summed E-state index contributed by atoms with van der Waals surface area (Å²) in [7, 11) is 0. The highest BCUT2D eigenvalue weighted by molar-refractivity contribution is 7.14. The van der Waals surface area contributed by atoms with Crippen LogP contribution in [0.4, 0.5) is 0 Å². The molecule has 0 unspecified atom stereocenters. The number of aliphatic hydroxyl groups excluding tert-OH is 1. The van der Waals surface area contributed by atoms with Crippen LogP contribution in [-0.2, 0) is 6.42 Å². The number of para-hydroxylation sites is 1. The first-order chi connectivity index (χ1) is 11.0. The van der Waals surface area contributed by atoms with Gasteiger partial charge in [0.05, 0.1) is 4.88 Å². The van der Waals surface area contributed by atoms with E-state index in [4.69, 9.17) is 10.5 Å². The van der Waals surface area contributed by atoms with Crippen molar-refractivity contribution in [2.24, 2.45) is 5.73 Å². The number of ether oxygens (including phenoxy) is 1. The lowest BCUT2D eigenvalue weighted by Crippen LogP contribution is -2.37. The van der Waals surface area contributed by atoms with Crippen LogP contribution in [0.5, 0.6) is 5.75 Å². The van der Waals surface area contributed by atoms with Gasteiger partial charge in [0.25, 0.3) is 5.91 Å². The molecule has 0 aliphatic carbocycles. The number of nitrogens with one attached hydrogen (secondary N) is 1. The second-order valence-corrected chi connectivity index (χ2v) is 6.59. The highest BCUT2D eigenvalue weighted by Gasteiger charge is 2.11. The number of nitrogens with two attached hydrogens (primary N) is 1. The minimum absolute atomic E-state index is 0.181. The van der Waals surface area contributed by atoms with Crippen molar-refractivity contribution in [1.82, 2.24) is 5.32 Å². The lowest BCUT2D eigenvalue weighted by molar-refractivity contribution is 0.100. The number of primary amides is 1. The third kappa shape index (κ3) is 6.02. The number of aliphatic hydroxyl groups is 1. The molecule has 2 atom stereocenters. The molecule has 0 aliphatic heterocycles. The van der Waals surface area contributed by atoms with E-state index in [1.165, 1.54) is 11.3 Å².